The minimum absolute atomic E-state index is 0.202. The molecule has 2 N–H and O–H groups in total. The lowest BCUT2D eigenvalue weighted by Gasteiger charge is -2.04. The van der Waals surface area contributed by atoms with Crippen molar-refractivity contribution in [2.45, 2.75) is 0 Å². The predicted octanol–water partition coefficient (Wildman–Crippen LogP) is 2.74. The molecular weight excluding hydrogens is 224 g/mol. The SMILES string of the molecule is CNc1cccc(-c2ccc(Cl)c(=O)[nH]2)c1. The molecule has 0 aliphatic rings. The summed E-state index contributed by atoms with van der Waals surface area (Å²) in [6.07, 6.45) is 0. The molecule has 1 aromatic carbocycles. The largest absolute Gasteiger partial charge is 0.388 e. The second-order valence-corrected chi connectivity index (χ2v) is 3.79. The highest BCUT2D eigenvalue weighted by Crippen LogP contribution is 2.20. The number of hydrogen-bond acceptors (Lipinski definition) is 2. The molecule has 1 aromatic heterocycles. The van der Waals surface area contributed by atoms with Gasteiger partial charge in [-0.3, -0.25) is 4.79 Å². The minimum Gasteiger partial charge on any atom is -0.388 e. The normalized spacial score (nSPS) is 10.1. The van der Waals surface area contributed by atoms with Crippen molar-refractivity contribution >= 4 is 17.3 Å². The molecule has 3 nitrogen and oxygen atoms in total. The van der Waals surface area contributed by atoms with E-state index in [2.05, 4.69) is 10.3 Å². The van der Waals surface area contributed by atoms with E-state index < -0.39 is 0 Å². The van der Waals surface area contributed by atoms with Crippen LogP contribution in [0.4, 0.5) is 5.69 Å². The van der Waals surface area contributed by atoms with Gasteiger partial charge in [-0.1, -0.05) is 23.7 Å². The highest BCUT2D eigenvalue weighted by atomic mass is 35.5. The van der Waals surface area contributed by atoms with Gasteiger partial charge in [0.05, 0.1) is 0 Å². The van der Waals surface area contributed by atoms with E-state index >= 15 is 0 Å². The van der Waals surface area contributed by atoms with Gasteiger partial charge in [-0.05, 0) is 24.3 Å². The highest BCUT2D eigenvalue weighted by molar-refractivity contribution is 6.30. The molecule has 0 radical (unpaired) electrons. The van der Waals surface area contributed by atoms with Crippen LogP contribution in [0, 0.1) is 0 Å². The monoisotopic (exact) mass is 234 g/mol. The van der Waals surface area contributed by atoms with Crippen LogP contribution in [0.5, 0.6) is 0 Å². The summed E-state index contributed by atoms with van der Waals surface area (Å²) in [6.45, 7) is 0. The standard InChI is InChI=1S/C12H11ClN2O/c1-14-9-4-2-3-8(7-9)11-6-5-10(13)12(16)15-11/h2-7,14H,1H3,(H,15,16). The van der Waals surface area contributed by atoms with Gasteiger partial charge >= 0.3 is 0 Å². The number of anilines is 1. The van der Waals surface area contributed by atoms with Crippen LogP contribution in [0.3, 0.4) is 0 Å². The van der Waals surface area contributed by atoms with Gasteiger partial charge < -0.3 is 10.3 Å². The first kappa shape index (κ1) is 10.8. The van der Waals surface area contributed by atoms with E-state index in [1.807, 2.05) is 31.3 Å². The number of aromatic amines is 1. The van der Waals surface area contributed by atoms with Gasteiger partial charge in [-0.25, -0.2) is 0 Å². The average molecular weight is 235 g/mol. The van der Waals surface area contributed by atoms with Crippen molar-refractivity contribution in [1.82, 2.24) is 4.98 Å². The van der Waals surface area contributed by atoms with Crippen molar-refractivity contribution in [3.63, 3.8) is 0 Å². The van der Waals surface area contributed by atoms with Crippen LogP contribution in [-0.4, -0.2) is 12.0 Å². The third-order valence-corrected chi connectivity index (χ3v) is 2.62. The van der Waals surface area contributed by atoms with Gasteiger partial charge in [0.1, 0.15) is 5.02 Å². The second-order valence-electron chi connectivity index (χ2n) is 3.38. The Labute approximate surface area is 98.1 Å². The number of aromatic nitrogens is 1. The quantitative estimate of drug-likeness (QED) is 0.839. The van der Waals surface area contributed by atoms with E-state index in [0.717, 1.165) is 16.9 Å². The first-order valence-electron chi connectivity index (χ1n) is 4.88. The van der Waals surface area contributed by atoms with Crippen LogP contribution in [0.2, 0.25) is 5.02 Å². The number of hydrogen-bond donors (Lipinski definition) is 2. The molecule has 0 aliphatic heterocycles. The summed E-state index contributed by atoms with van der Waals surface area (Å²) >= 11 is 5.67. The number of benzene rings is 1. The lowest BCUT2D eigenvalue weighted by Crippen LogP contribution is -2.06. The van der Waals surface area contributed by atoms with Crippen LogP contribution in [-0.2, 0) is 0 Å². The van der Waals surface area contributed by atoms with Gasteiger partial charge in [0.15, 0.2) is 0 Å². The third-order valence-electron chi connectivity index (χ3n) is 2.32. The number of pyridine rings is 1. The molecule has 0 aliphatic carbocycles. The second kappa shape index (κ2) is 4.41. The first-order chi connectivity index (χ1) is 7.70. The van der Waals surface area contributed by atoms with E-state index in [1.54, 1.807) is 12.1 Å². The van der Waals surface area contributed by atoms with Crippen molar-refractivity contribution in [1.29, 1.82) is 0 Å². The molecule has 0 saturated carbocycles. The third kappa shape index (κ3) is 2.09. The molecule has 0 saturated heterocycles. The molecule has 0 amide bonds. The van der Waals surface area contributed by atoms with Gasteiger partial charge in [0.25, 0.3) is 5.56 Å². The topological polar surface area (TPSA) is 44.9 Å². The smallest absolute Gasteiger partial charge is 0.267 e. The Bertz CT molecular complexity index is 563. The Morgan fingerprint density at radius 2 is 2.06 bits per heavy atom. The number of rotatable bonds is 2. The molecule has 0 bridgehead atoms. The van der Waals surface area contributed by atoms with Crippen LogP contribution < -0.4 is 10.9 Å². The molecule has 0 atom stereocenters. The fourth-order valence-electron chi connectivity index (χ4n) is 1.47. The Morgan fingerprint density at radius 1 is 1.25 bits per heavy atom. The fraction of sp³-hybridized carbons (Fsp3) is 0.0833. The Morgan fingerprint density at radius 3 is 2.75 bits per heavy atom. The van der Waals surface area contributed by atoms with Crippen molar-refractivity contribution in [3.8, 4) is 11.3 Å². The zero-order valence-electron chi connectivity index (χ0n) is 8.75. The van der Waals surface area contributed by atoms with Crippen LogP contribution >= 0.6 is 11.6 Å². The van der Waals surface area contributed by atoms with E-state index in [1.165, 1.54) is 0 Å². The molecular formula is C12H11ClN2O. The van der Waals surface area contributed by atoms with Crippen molar-refractivity contribution in [2.75, 3.05) is 12.4 Å². The molecule has 0 unspecified atom stereocenters. The van der Waals surface area contributed by atoms with E-state index in [0.29, 0.717) is 0 Å². The van der Waals surface area contributed by atoms with Crippen molar-refractivity contribution < 1.29 is 0 Å². The molecule has 4 heteroatoms. The Hall–Kier alpha value is -1.74. The summed E-state index contributed by atoms with van der Waals surface area (Å²) < 4.78 is 0. The summed E-state index contributed by atoms with van der Waals surface area (Å²) in [6, 6.07) is 11.2. The summed E-state index contributed by atoms with van der Waals surface area (Å²) in [4.78, 5) is 14.1. The average Bonchev–Trinajstić information content (AvgIpc) is 2.33. The molecule has 82 valence electrons. The van der Waals surface area contributed by atoms with Crippen molar-refractivity contribution in [2.24, 2.45) is 0 Å². The molecule has 1 heterocycles. The maximum atomic E-state index is 11.4. The minimum atomic E-state index is -0.269. The maximum Gasteiger partial charge on any atom is 0.267 e. The van der Waals surface area contributed by atoms with Gasteiger partial charge in [0.2, 0.25) is 0 Å². The highest BCUT2D eigenvalue weighted by Gasteiger charge is 2.01. The summed E-state index contributed by atoms with van der Waals surface area (Å²) in [5.74, 6) is 0. The molecule has 2 rings (SSSR count). The number of halogens is 1. The first-order valence-corrected chi connectivity index (χ1v) is 5.25. The fourth-order valence-corrected chi connectivity index (χ4v) is 1.58. The van der Waals surface area contributed by atoms with Crippen LogP contribution in [0.25, 0.3) is 11.3 Å². The van der Waals surface area contributed by atoms with E-state index in [9.17, 15) is 4.79 Å². The Kier molecular flexibility index (Phi) is 2.97. The van der Waals surface area contributed by atoms with Gasteiger partial charge in [-0.2, -0.15) is 0 Å². The maximum absolute atomic E-state index is 11.4. The molecule has 0 fully saturated rings. The summed E-state index contributed by atoms with van der Waals surface area (Å²) in [5.41, 5.74) is 2.43. The Balaban J connectivity index is 2.50. The lowest BCUT2D eigenvalue weighted by molar-refractivity contribution is 1.24. The molecule has 16 heavy (non-hydrogen) atoms. The predicted molar refractivity (Wildman–Crippen MR) is 67.1 cm³/mol. The zero-order chi connectivity index (χ0) is 11.5. The summed E-state index contributed by atoms with van der Waals surface area (Å²) in [7, 11) is 1.85. The summed E-state index contributed by atoms with van der Waals surface area (Å²) in [5, 5.41) is 3.25. The van der Waals surface area contributed by atoms with Crippen LogP contribution in [0.1, 0.15) is 0 Å². The van der Waals surface area contributed by atoms with Crippen LogP contribution in [0.15, 0.2) is 41.2 Å². The molecule has 2 aromatic rings. The van der Waals surface area contributed by atoms with Crippen molar-refractivity contribution in [3.05, 3.63) is 51.8 Å². The lowest BCUT2D eigenvalue weighted by atomic mass is 10.1. The van der Waals surface area contributed by atoms with Gasteiger partial charge in [-0.15, -0.1) is 0 Å². The zero-order valence-corrected chi connectivity index (χ0v) is 9.51. The van der Waals surface area contributed by atoms with Gasteiger partial charge in [0, 0.05) is 24.0 Å². The number of H-pyrrole nitrogens is 1. The van der Waals surface area contributed by atoms with E-state index in [-0.39, 0.29) is 10.6 Å². The van der Waals surface area contributed by atoms with E-state index in [4.69, 9.17) is 11.6 Å². The number of nitrogens with one attached hydrogen (secondary N) is 2. The molecule has 0 spiro atoms.